The highest BCUT2D eigenvalue weighted by Gasteiger charge is 2.31. The third-order valence-corrected chi connectivity index (χ3v) is 4.58. The zero-order chi connectivity index (χ0) is 17.0. The molecule has 6 nitrogen and oxygen atoms in total. The van der Waals surface area contributed by atoms with E-state index in [0.29, 0.717) is 0 Å². The molecule has 22 heavy (non-hydrogen) atoms. The van der Waals surface area contributed by atoms with Crippen molar-refractivity contribution in [2.24, 2.45) is 0 Å². The summed E-state index contributed by atoms with van der Waals surface area (Å²) < 4.78 is 65.3. The maximum Gasteiger partial charge on any atom is 0.573 e. The van der Waals surface area contributed by atoms with Gasteiger partial charge in [0.25, 0.3) is 0 Å². The monoisotopic (exact) mass is 340 g/mol. The van der Waals surface area contributed by atoms with Gasteiger partial charge in [-0.05, 0) is 24.3 Å². The predicted molar refractivity (Wildman–Crippen MR) is 71.6 cm³/mol. The number of alkyl halides is 3. The molecule has 1 aromatic rings. The van der Waals surface area contributed by atoms with Crippen molar-refractivity contribution in [1.82, 2.24) is 9.62 Å². The van der Waals surface area contributed by atoms with Crippen LogP contribution in [-0.4, -0.2) is 45.1 Å². The number of hydrogen-bond donors (Lipinski definition) is 1. The van der Waals surface area contributed by atoms with Gasteiger partial charge in [0.1, 0.15) is 5.75 Å². The van der Waals surface area contributed by atoms with Crippen molar-refractivity contribution in [3.8, 4) is 5.75 Å². The number of carbonyl (C=O) groups excluding carboxylic acids is 1. The Hall–Kier alpha value is -1.81. The van der Waals surface area contributed by atoms with Gasteiger partial charge in [-0.25, -0.2) is 8.42 Å². The summed E-state index contributed by atoms with van der Waals surface area (Å²) in [5.41, 5.74) is 0. The van der Waals surface area contributed by atoms with Gasteiger partial charge in [-0.15, -0.1) is 13.2 Å². The van der Waals surface area contributed by atoms with Gasteiger partial charge in [0.15, 0.2) is 0 Å². The molecule has 0 aliphatic rings. The molecule has 0 radical (unpaired) electrons. The number of halogens is 3. The van der Waals surface area contributed by atoms with E-state index < -0.39 is 28.0 Å². The minimum Gasteiger partial charge on any atom is -0.406 e. The lowest BCUT2D eigenvalue weighted by molar-refractivity contribution is -0.274. The van der Waals surface area contributed by atoms with Crippen molar-refractivity contribution in [2.45, 2.75) is 18.2 Å². The molecule has 0 aromatic heterocycles. The molecule has 1 amide bonds. The summed E-state index contributed by atoms with van der Waals surface area (Å²) >= 11 is 0. The van der Waals surface area contributed by atoms with Gasteiger partial charge in [-0.3, -0.25) is 4.79 Å². The number of nitrogens with zero attached hydrogens (tertiary/aromatic N) is 1. The fraction of sp³-hybridized carbons (Fsp3) is 0.417. The Labute approximate surface area is 125 Å². The zero-order valence-electron chi connectivity index (χ0n) is 11.8. The summed E-state index contributed by atoms with van der Waals surface area (Å²) in [7, 11) is -2.61. The van der Waals surface area contributed by atoms with Crippen molar-refractivity contribution in [2.75, 3.05) is 20.1 Å². The first kappa shape index (κ1) is 18.2. The van der Waals surface area contributed by atoms with Crippen LogP contribution in [0, 0.1) is 0 Å². The highest BCUT2D eigenvalue weighted by Crippen LogP contribution is 2.24. The van der Waals surface area contributed by atoms with E-state index in [1.54, 1.807) is 6.92 Å². The van der Waals surface area contributed by atoms with Gasteiger partial charge in [-0.2, -0.15) is 4.31 Å². The normalized spacial score (nSPS) is 12.3. The summed E-state index contributed by atoms with van der Waals surface area (Å²) in [5.74, 6) is -1.02. The molecule has 1 aromatic carbocycles. The molecule has 0 atom stereocenters. The molecule has 0 bridgehead atoms. The van der Waals surface area contributed by atoms with E-state index in [-0.39, 0.29) is 18.0 Å². The average molecular weight is 340 g/mol. The molecule has 0 aliphatic carbocycles. The molecule has 0 heterocycles. The van der Waals surface area contributed by atoms with E-state index in [9.17, 15) is 26.4 Å². The Balaban J connectivity index is 2.99. The summed E-state index contributed by atoms with van der Waals surface area (Å²) in [5, 5.41) is 2.30. The fourth-order valence-corrected chi connectivity index (χ4v) is 2.97. The number of benzene rings is 1. The van der Waals surface area contributed by atoms with Crippen molar-refractivity contribution in [3.63, 3.8) is 0 Å². The SMILES string of the molecule is CCN(CC(=O)NC)S(=O)(=O)c1ccc(OC(F)(F)F)cc1. The maximum absolute atomic E-state index is 12.3. The minimum atomic E-state index is -4.85. The van der Waals surface area contributed by atoms with Crippen LogP contribution in [0.2, 0.25) is 0 Å². The average Bonchev–Trinajstić information content (AvgIpc) is 2.43. The van der Waals surface area contributed by atoms with E-state index in [1.807, 2.05) is 0 Å². The third kappa shape index (κ3) is 4.88. The van der Waals surface area contributed by atoms with Crippen molar-refractivity contribution in [3.05, 3.63) is 24.3 Å². The van der Waals surface area contributed by atoms with Crippen LogP contribution < -0.4 is 10.1 Å². The number of likely N-dealkylation sites (N-methyl/N-ethyl adjacent to an activating group) is 2. The summed E-state index contributed by atoms with van der Waals surface area (Å²) in [6, 6.07) is 3.77. The molecule has 0 fully saturated rings. The Morgan fingerprint density at radius 1 is 1.27 bits per heavy atom. The second-order valence-electron chi connectivity index (χ2n) is 4.12. The Morgan fingerprint density at radius 3 is 2.23 bits per heavy atom. The maximum atomic E-state index is 12.3. The van der Waals surface area contributed by atoms with Crippen molar-refractivity contribution in [1.29, 1.82) is 0 Å². The first-order valence-electron chi connectivity index (χ1n) is 6.16. The van der Waals surface area contributed by atoms with Crippen LogP contribution in [0.25, 0.3) is 0 Å². The molecule has 0 unspecified atom stereocenters. The quantitative estimate of drug-likeness (QED) is 0.848. The smallest absolute Gasteiger partial charge is 0.406 e. The number of ether oxygens (including phenoxy) is 1. The van der Waals surface area contributed by atoms with Crippen LogP contribution in [0.3, 0.4) is 0 Å². The zero-order valence-corrected chi connectivity index (χ0v) is 12.7. The highest BCUT2D eigenvalue weighted by molar-refractivity contribution is 7.89. The molecule has 0 saturated heterocycles. The molecule has 1 rings (SSSR count). The molecule has 1 N–H and O–H groups in total. The summed E-state index contributed by atoms with van der Waals surface area (Å²) in [4.78, 5) is 11.1. The standard InChI is InChI=1S/C12H15F3N2O4S/c1-3-17(8-11(18)16-2)22(19,20)10-6-4-9(5-7-10)21-12(13,14)15/h4-7H,3,8H2,1-2H3,(H,16,18). The van der Waals surface area contributed by atoms with E-state index in [4.69, 9.17) is 0 Å². The van der Waals surface area contributed by atoms with Gasteiger partial charge in [0, 0.05) is 13.6 Å². The predicted octanol–water partition coefficient (Wildman–Crippen LogP) is 1.34. The van der Waals surface area contributed by atoms with E-state index >= 15 is 0 Å². The number of sulfonamides is 1. The van der Waals surface area contributed by atoms with E-state index in [1.165, 1.54) is 7.05 Å². The van der Waals surface area contributed by atoms with Crippen LogP contribution in [0.4, 0.5) is 13.2 Å². The lowest BCUT2D eigenvalue weighted by Gasteiger charge is -2.19. The first-order chi connectivity index (χ1) is 10.1. The minimum absolute atomic E-state index is 0.0382. The van der Waals surface area contributed by atoms with Crippen LogP contribution in [-0.2, 0) is 14.8 Å². The van der Waals surface area contributed by atoms with Gasteiger partial charge in [0.2, 0.25) is 15.9 Å². The second kappa shape index (κ2) is 6.97. The molecular weight excluding hydrogens is 325 g/mol. The van der Waals surface area contributed by atoms with Crippen LogP contribution in [0.15, 0.2) is 29.2 Å². The van der Waals surface area contributed by atoms with Crippen molar-refractivity contribution < 1.29 is 31.1 Å². The van der Waals surface area contributed by atoms with Crippen LogP contribution in [0.5, 0.6) is 5.75 Å². The van der Waals surface area contributed by atoms with Crippen LogP contribution >= 0.6 is 0 Å². The van der Waals surface area contributed by atoms with Gasteiger partial charge in [0.05, 0.1) is 11.4 Å². The number of hydrogen-bond acceptors (Lipinski definition) is 4. The lowest BCUT2D eigenvalue weighted by Crippen LogP contribution is -2.39. The Bertz CT molecular complexity index is 614. The van der Waals surface area contributed by atoms with Gasteiger partial charge in [-0.1, -0.05) is 6.92 Å². The van der Waals surface area contributed by atoms with Crippen molar-refractivity contribution >= 4 is 15.9 Å². The molecule has 0 aliphatic heterocycles. The molecule has 10 heteroatoms. The largest absolute Gasteiger partial charge is 0.573 e. The molecule has 124 valence electrons. The van der Waals surface area contributed by atoms with E-state index in [0.717, 1.165) is 28.6 Å². The summed E-state index contributed by atoms with van der Waals surface area (Å²) in [6.45, 7) is 1.20. The molecule has 0 saturated carbocycles. The topological polar surface area (TPSA) is 75.7 Å². The molecule has 0 spiro atoms. The third-order valence-electron chi connectivity index (χ3n) is 2.65. The Kier molecular flexibility index (Phi) is 5.78. The van der Waals surface area contributed by atoms with Gasteiger partial charge >= 0.3 is 6.36 Å². The number of rotatable bonds is 6. The number of carbonyl (C=O) groups is 1. The Morgan fingerprint density at radius 2 is 1.82 bits per heavy atom. The second-order valence-corrected chi connectivity index (χ2v) is 6.06. The lowest BCUT2D eigenvalue weighted by atomic mass is 10.3. The molecular formula is C12H15F3N2O4S. The first-order valence-corrected chi connectivity index (χ1v) is 7.60. The highest BCUT2D eigenvalue weighted by atomic mass is 32.2. The summed E-state index contributed by atoms with van der Waals surface area (Å²) in [6.07, 6.45) is -4.85. The number of amides is 1. The fourth-order valence-electron chi connectivity index (χ4n) is 1.57. The number of nitrogens with one attached hydrogen (secondary N) is 1. The van der Waals surface area contributed by atoms with E-state index in [2.05, 4.69) is 10.1 Å². The van der Waals surface area contributed by atoms with Crippen LogP contribution in [0.1, 0.15) is 6.92 Å². The van der Waals surface area contributed by atoms with Gasteiger partial charge < -0.3 is 10.1 Å².